The number of likely N-dealkylation sites (tertiary alicyclic amines) is 1. The van der Waals surface area contributed by atoms with E-state index in [1.165, 1.54) is 0 Å². The van der Waals surface area contributed by atoms with Gasteiger partial charge in [0.05, 0.1) is 12.2 Å². The van der Waals surface area contributed by atoms with Crippen LogP contribution in [0.1, 0.15) is 33.6 Å². The molecule has 156 valence electrons. The van der Waals surface area contributed by atoms with Crippen molar-refractivity contribution in [3.8, 4) is 11.3 Å². The standard InChI is InChI=1S/C21H29N5O3/c1-5-22-19(25-16-13-26(14-16)20(27)29-21(2,3)4)24-12-18-23-11-17(28-18)15-9-7-6-8-10-15/h6-11,16H,5,12-14H2,1-4H3,(H2,22,24,25). The van der Waals surface area contributed by atoms with Gasteiger partial charge in [0.25, 0.3) is 0 Å². The van der Waals surface area contributed by atoms with Gasteiger partial charge in [-0.3, -0.25) is 0 Å². The molecule has 1 fully saturated rings. The van der Waals surface area contributed by atoms with Crippen molar-refractivity contribution in [3.63, 3.8) is 0 Å². The average molecular weight is 399 g/mol. The Hall–Kier alpha value is -3.03. The Labute approximate surface area is 171 Å². The van der Waals surface area contributed by atoms with E-state index >= 15 is 0 Å². The maximum Gasteiger partial charge on any atom is 0.410 e. The molecule has 0 atom stereocenters. The fourth-order valence-corrected chi connectivity index (χ4v) is 2.82. The van der Waals surface area contributed by atoms with Crippen LogP contribution in [0.2, 0.25) is 0 Å². The van der Waals surface area contributed by atoms with Crippen molar-refractivity contribution in [1.29, 1.82) is 0 Å². The van der Waals surface area contributed by atoms with E-state index in [4.69, 9.17) is 9.15 Å². The van der Waals surface area contributed by atoms with Crippen LogP contribution in [0.15, 0.2) is 45.9 Å². The minimum absolute atomic E-state index is 0.129. The molecule has 29 heavy (non-hydrogen) atoms. The van der Waals surface area contributed by atoms with Crippen LogP contribution >= 0.6 is 0 Å². The summed E-state index contributed by atoms with van der Waals surface area (Å²) in [7, 11) is 0. The van der Waals surface area contributed by atoms with E-state index in [-0.39, 0.29) is 12.1 Å². The van der Waals surface area contributed by atoms with Gasteiger partial charge in [-0.2, -0.15) is 0 Å². The van der Waals surface area contributed by atoms with Crippen LogP contribution in [0.4, 0.5) is 4.79 Å². The second-order valence-corrected chi connectivity index (χ2v) is 7.91. The zero-order valence-corrected chi connectivity index (χ0v) is 17.4. The number of nitrogens with one attached hydrogen (secondary N) is 2. The van der Waals surface area contributed by atoms with Crippen LogP contribution < -0.4 is 10.6 Å². The summed E-state index contributed by atoms with van der Waals surface area (Å²) < 4.78 is 11.2. The van der Waals surface area contributed by atoms with E-state index in [0.29, 0.717) is 31.5 Å². The summed E-state index contributed by atoms with van der Waals surface area (Å²) >= 11 is 0. The third kappa shape index (κ3) is 5.97. The Bertz CT molecular complexity index is 836. The van der Waals surface area contributed by atoms with Crippen LogP contribution in [0, 0.1) is 0 Å². The van der Waals surface area contributed by atoms with Gasteiger partial charge in [0.1, 0.15) is 12.1 Å². The van der Waals surface area contributed by atoms with E-state index in [9.17, 15) is 4.79 Å². The van der Waals surface area contributed by atoms with Crippen molar-refractivity contribution in [2.75, 3.05) is 19.6 Å². The lowest BCUT2D eigenvalue weighted by Gasteiger charge is -2.40. The maximum atomic E-state index is 12.0. The smallest absolute Gasteiger partial charge is 0.410 e. The molecule has 0 radical (unpaired) electrons. The van der Waals surface area contributed by atoms with E-state index in [1.807, 2.05) is 58.0 Å². The van der Waals surface area contributed by atoms with E-state index in [1.54, 1.807) is 11.1 Å². The zero-order valence-electron chi connectivity index (χ0n) is 17.4. The Morgan fingerprint density at radius 3 is 2.69 bits per heavy atom. The summed E-state index contributed by atoms with van der Waals surface area (Å²) in [6, 6.07) is 9.97. The SMILES string of the molecule is CCNC(=NCc1ncc(-c2ccccc2)o1)NC1CN(C(=O)OC(C)(C)C)C1. The lowest BCUT2D eigenvalue weighted by atomic mass is 10.1. The number of hydrogen-bond donors (Lipinski definition) is 2. The largest absolute Gasteiger partial charge is 0.444 e. The summed E-state index contributed by atoms with van der Waals surface area (Å²) in [5.41, 5.74) is 0.498. The molecule has 1 aliphatic rings. The molecule has 3 rings (SSSR count). The molecular weight excluding hydrogens is 370 g/mol. The molecule has 2 heterocycles. The third-order valence-corrected chi connectivity index (χ3v) is 4.20. The molecule has 8 heteroatoms. The molecule has 0 aliphatic carbocycles. The number of oxazole rings is 1. The van der Waals surface area contributed by atoms with Gasteiger partial charge in [0, 0.05) is 25.2 Å². The molecular formula is C21H29N5O3. The van der Waals surface area contributed by atoms with Gasteiger partial charge in [0.15, 0.2) is 11.7 Å². The predicted molar refractivity (Wildman–Crippen MR) is 111 cm³/mol. The lowest BCUT2D eigenvalue weighted by Crippen LogP contribution is -2.63. The van der Waals surface area contributed by atoms with E-state index in [0.717, 1.165) is 17.9 Å². The minimum Gasteiger partial charge on any atom is -0.444 e. The number of aromatic nitrogens is 1. The van der Waals surface area contributed by atoms with Crippen molar-refractivity contribution in [2.24, 2.45) is 4.99 Å². The Morgan fingerprint density at radius 1 is 1.31 bits per heavy atom. The number of nitrogens with zero attached hydrogens (tertiary/aromatic N) is 3. The van der Waals surface area contributed by atoms with Gasteiger partial charge < -0.3 is 24.7 Å². The van der Waals surface area contributed by atoms with Gasteiger partial charge >= 0.3 is 6.09 Å². The highest BCUT2D eigenvalue weighted by Gasteiger charge is 2.34. The molecule has 0 unspecified atom stereocenters. The highest BCUT2D eigenvalue weighted by molar-refractivity contribution is 5.80. The molecule has 1 aromatic carbocycles. The topological polar surface area (TPSA) is 92.0 Å². The number of guanidine groups is 1. The normalized spacial score (nSPS) is 15.0. The number of ether oxygens (including phenoxy) is 1. The van der Waals surface area contributed by atoms with Gasteiger partial charge in [-0.1, -0.05) is 30.3 Å². The first kappa shape index (κ1) is 20.7. The number of aliphatic imine (C=N–C) groups is 1. The molecule has 2 N–H and O–H groups in total. The number of carbonyl (C=O) groups is 1. The summed E-state index contributed by atoms with van der Waals surface area (Å²) in [4.78, 5) is 22.6. The first-order valence-electron chi connectivity index (χ1n) is 9.87. The summed E-state index contributed by atoms with van der Waals surface area (Å²) in [5.74, 6) is 1.94. The summed E-state index contributed by atoms with van der Waals surface area (Å²) in [6.45, 7) is 9.81. The second kappa shape index (κ2) is 8.98. The summed E-state index contributed by atoms with van der Waals surface area (Å²) in [6.07, 6.45) is 1.43. The number of rotatable bonds is 5. The van der Waals surface area contributed by atoms with E-state index < -0.39 is 5.60 Å². The first-order chi connectivity index (χ1) is 13.8. The van der Waals surface area contributed by atoms with Gasteiger partial charge in [-0.05, 0) is 27.7 Å². The van der Waals surface area contributed by atoms with Crippen LogP contribution in [-0.2, 0) is 11.3 Å². The predicted octanol–water partition coefficient (Wildman–Crippen LogP) is 3.02. The molecule has 0 spiro atoms. The Balaban J connectivity index is 1.52. The third-order valence-electron chi connectivity index (χ3n) is 4.20. The van der Waals surface area contributed by atoms with E-state index in [2.05, 4.69) is 20.6 Å². The number of benzene rings is 1. The molecule has 0 saturated carbocycles. The minimum atomic E-state index is -0.485. The van der Waals surface area contributed by atoms with Crippen molar-refractivity contribution >= 4 is 12.1 Å². The Kier molecular flexibility index (Phi) is 6.41. The molecule has 0 bridgehead atoms. The lowest BCUT2D eigenvalue weighted by molar-refractivity contribution is 0.00701. The maximum absolute atomic E-state index is 12.0. The highest BCUT2D eigenvalue weighted by Crippen LogP contribution is 2.20. The summed E-state index contributed by atoms with van der Waals surface area (Å²) in [5, 5.41) is 6.54. The molecule has 1 aliphatic heterocycles. The molecule has 2 aromatic rings. The van der Waals surface area contributed by atoms with Crippen LogP contribution in [-0.4, -0.2) is 53.2 Å². The fourth-order valence-electron chi connectivity index (χ4n) is 2.82. The average Bonchev–Trinajstić information content (AvgIpc) is 3.10. The first-order valence-corrected chi connectivity index (χ1v) is 9.87. The molecule has 1 aromatic heterocycles. The fraction of sp³-hybridized carbons (Fsp3) is 0.476. The molecule has 8 nitrogen and oxygen atoms in total. The number of hydrogen-bond acceptors (Lipinski definition) is 5. The van der Waals surface area contributed by atoms with Gasteiger partial charge in [-0.15, -0.1) is 0 Å². The van der Waals surface area contributed by atoms with Crippen LogP contribution in [0.3, 0.4) is 0 Å². The van der Waals surface area contributed by atoms with Crippen LogP contribution in [0.5, 0.6) is 0 Å². The van der Waals surface area contributed by atoms with Gasteiger partial charge in [0.2, 0.25) is 5.89 Å². The molecule has 1 saturated heterocycles. The van der Waals surface area contributed by atoms with Crippen molar-refractivity contribution < 1.29 is 13.9 Å². The molecule has 1 amide bonds. The van der Waals surface area contributed by atoms with Gasteiger partial charge in [-0.25, -0.2) is 14.8 Å². The Morgan fingerprint density at radius 2 is 2.03 bits per heavy atom. The number of amides is 1. The van der Waals surface area contributed by atoms with Crippen molar-refractivity contribution in [3.05, 3.63) is 42.4 Å². The number of carbonyl (C=O) groups excluding carboxylic acids is 1. The van der Waals surface area contributed by atoms with Crippen molar-refractivity contribution in [1.82, 2.24) is 20.5 Å². The van der Waals surface area contributed by atoms with Crippen molar-refractivity contribution in [2.45, 2.75) is 45.9 Å². The second-order valence-electron chi connectivity index (χ2n) is 7.91. The monoisotopic (exact) mass is 399 g/mol. The highest BCUT2D eigenvalue weighted by atomic mass is 16.6. The quantitative estimate of drug-likeness (QED) is 0.593. The zero-order chi connectivity index (χ0) is 20.9. The van der Waals surface area contributed by atoms with Crippen LogP contribution in [0.25, 0.3) is 11.3 Å².